The van der Waals surface area contributed by atoms with Crippen LogP contribution in [0.25, 0.3) is 0 Å². The Balaban J connectivity index is 1.59. The molecule has 0 aliphatic carbocycles. The fraction of sp³-hybridized carbons (Fsp3) is 0.784. The van der Waals surface area contributed by atoms with Gasteiger partial charge in [-0.1, -0.05) is 78.8 Å². The Labute approximate surface area is 296 Å². The Morgan fingerprint density at radius 2 is 1.43 bits per heavy atom. The van der Waals surface area contributed by atoms with Crippen LogP contribution in [0.4, 0.5) is 0 Å². The molecule has 2 N–H and O–H groups in total. The molecule has 278 valence electrons. The minimum Gasteiger partial charge on any atom is -0.469 e. The molecule has 4 rings (SSSR count). The normalized spacial score (nSPS) is 32.0. The van der Waals surface area contributed by atoms with E-state index in [1.165, 1.54) is 7.11 Å². The van der Waals surface area contributed by atoms with Gasteiger partial charge in [0.05, 0.1) is 56.6 Å². The van der Waals surface area contributed by atoms with Gasteiger partial charge < -0.3 is 38.3 Å². The van der Waals surface area contributed by atoms with Gasteiger partial charge in [-0.3, -0.25) is 9.59 Å². The van der Waals surface area contributed by atoms with Crippen molar-refractivity contribution in [2.75, 3.05) is 7.11 Å². The van der Waals surface area contributed by atoms with Crippen molar-refractivity contribution in [2.24, 2.45) is 11.7 Å². The van der Waals surface area contributed by atoms with Gasteiger partial charge >= 0.3 is 11.9 Å². The van der Waals surface area contributed by atoms with E-state index in [9.17, 15) is 9.59 Å². The highest BCUT2D eigenvalue weighted by molar-refractivity contribution is 6.74. The number of ether oxygens (including phenoxy) is 5. The summed E-state index contributed by atoms with van der Waals surface area (Å²) in [7, 11) is -2.74. The van der Waals surface area contributed by atoms with Crippen molar-refractivity contribution in [3.63, 3.8) is 0 Å². The Bertz CT molecular complexity index is 1180. The van der Waals surface area contributed by atoms with Gasteiger partial charge in [0.15, 0.2) is 22.4 Å². The topological polar surface area (TPSA) is 125 Å². The molecule has 0 aromatic heterocycles. The Kier molecular flexibility index (Phi) is 14.5. The predicted octanol–water partition coefficient (Wildman–Crippen LogP) is 6.86. The van der Waals surface area contributed by atoms with Gasteiger partial charge in [0.2, 0.25) is 0 Å². The minimum absolute atomic E-state index is 0.0153. The predicted molar refractivity (Wildman–Crippen MR) is 194 cm³/mol. The van der Waals surface area contributed by atoms with Crippen LogP contribution < -0.4 is 5.73 Å². The highest BCUT2D eigenvalue weighted by Crippen LogP contribution is 2.48. The molecule has 0 bridgehead atoms. The largest absolute Gasteiger partial charge is 0.469 e. The molecule has 3 fully saturated rings. The van der Waals surface area contributed by atoms with E-state index < -0.39 is 46.8 Å². The molecule has 49 heavy (non-hydrogen) atoms. The van der Waals surface area contributed by atoms with Crippen LogP contribution >= 0.6 is 0 Å². The van der Waals surface area contributed by atoms with E-state index in [2.05, 4.69) is 48.5 Å². The van der Waals surface area contributed by atoms with Gasteiger partial charge in [0.1, 0.15) is 6.61 Å². The highest BCUT2D eigenvalue weighted by Gasteiger charge is 2.57. The first-order chi connectivity index (χ1) is 23.4. The van der Waals surface area contributed by atoms with E-state index in [4.69, 9.17) is 38.3 Å². The number of methoxy groups -OCH3 is 1. The quantitative estimate of drug-likeness (QED) is 0.143. The van der Waals surface area contributed by atoms with Crippen molar-refractivity contribution in [1.29, 1.82) is 0 Å². The van der Waals surface area contributed by atoms with Crippen LogP contribution in [-0.4, -0.2) is 84.1 Å². The first-order valence-corrected chi connectivity index (χ1v) is 23.9. The molecule has 3 aliphatic heterocycles. The zero-order chi connectivity index (χ0) is 35.8. The summed E-state index contributed by atoms with van der Waals surface area (Å²) in [4.78, 5) is 25.9. The lowest BCUT2D eigenvalue weighted by Crippen LogP contribution is -2.67. The van der Waals surface area contributed by atoms with E-state index in [1.54, 1.807) is 0 Å². The molecule has 9 atom stereocenters. The lowest BCUT2D eigenvalue weighted by Gasteiger charge is -2.57. The monoisotopic (exact) mass is 721 g/mol. The molecule has 1 aromatic carbocycles. The molecule has 1 spiro atoms. The average molecular weight is 722 g/mol. The van der Waals surface area contributed by atoms with Gasteiger partial charge in [0.25, 0.3) is 0 Å². The van der Waals surface area contributed by atoms with Crippen LogP contribution in [0.2, 0.25) is 36.3 Å². The van der Waals surface area contributed by atoms with Gasteiger partial charge in [-0.25, -0.2) is 0 Å². The number of rotatable bonds is 16. The van der Waals surface area contributed by atoms with Crippen molar-refractivity contribution in [2.45, 2.75) is 172 Å². The number of esters is 2. The Hall–Kier alpha value is -1.65. The van der Waals surface area contributed by atoms with Crippen molar-refractivity contribution >= 4 is 28.6 Å². The van der Waals surface area contributed by atoms with E-state index in [0.29, 0.717) is 19.3 Å². The fourth-order valence-corrected chi connectivity index (χ4v) is 14.0. The van der Waals surface area contributed by atoms with Crippen LogP contribution in [0.3, 0.4) is 0 Å². The number of hydrogen-bond donors (Lipinski definition) is 1. The van der Waals surface area contributed by atoms with Crippen molar-refractivity contribution < 1.29 is 42.1 Å². The first-order valence-electron chi connectivity index (χ1n) is 18.8. The van der Waals surface area contributed by atoms with Gasteiger partial charge in [-0.15, -0.1) is 0 Å². The minimum atomic E-state index is -2.10. The molecule has 0 saturated carbocycles. The van der Waals surface area contributed by atoms with E-state index in [0.717, 1.165) is 41.8 Å². The fourth-order valence-electron chi connectivity index (χ4n) is 8.23. The van der Waals surface area contributed by atoms with Crippen LogP contribution in [0.1, 0.15) is 86.1 Å². The third-order valence-electron chi connectivity index (χ3n) is 11.7. The molecule has 3 heterocycles. The third-order valence-corrected chi connectivity index (χ3v) is 21.0. The summed E-state index contributed by atoms with van der Waals surface area (Å²) in [6, 6.07) is 15.1. The second kappa shape index (κ2) is 17.7. The summed E-state index contributed by atoms with van der Waals surface area (Å²) in [5, 5.41) is 0. The van der Waals surface area contributed by atoms with Crippen molar-refractivity contribution in [3.05, 3.63) is 35.9 Å². The SMILES string of the molecule is CC[Si](CC)(CC)OC1CC2O[C@@]3(C[C@H](C)C2OC1CC(=O)OC)C[C@H](N)C(O[Si](CC)(CC)CC)[C@H](CC(=O)OCc1ccccc1)O3. The van der Waals surface area contributed by atoms with Crippen molar-refractivity contribution in [1.82, 2.24) is 0 Å². The second-order valence-electron chi connectivity index (χ2n) is 14.5. The highest BCUT2D eigenvalue weighted by atomic mass is 28.4. The van der Waals surface area contributed by atoms with Crippen LogP contribution in [0.5, 0.6) is 0 Å². The summed E-state index contributed by atoms with van der Waals surface area (Å²) < 4.78 is 45.4. The first kappa shape index (κ1) is 40.1. The molecule has 1 aromatic rings. The van der Waals surface area contributed by atoms with Gasteiger partial charge in [-0.05, 0) is 47.7 Å². The molecule has 3 aliphatic rings. The smallest absolute Gasteiger partial charge is 0.308 e. The summed E-state index contributed by atoms with van der Waals surface area (Å²) in [5.41, 5.74) is 7.96. The average Bonchev–Trinajstić information content (AvgIpc) is 3.10. The summed E-state index contributed by atoms with van der Waals surface area (Å²) in [6.07, 6.45) is -0.675. The number of benzene rings is 1. The molecular weight excluding hydrogens is 659 g/mol. The zero-order valence-corrected chi connectivity index (χ0v) is 33.2. The number of carbonyl (C=O) groups is 2. The van der Waals surface area contributed by atoms with E-state index >= 15 is 0 Å². The summed E-state index contributed by atoms with van der Waals surface area (Å²) in [6.45, 7) is 15.5. The molecule has 12 heteroatoms. The van der Waals surface area contributed by atoms with E-state index in [-0.39, 0.29) is 55.6 Å². The second-order valence-corrected chi connectivity index (χ2v) is 24.0. The molecule has 3 saturated heterocycles. The summed E-state index contributed by atoms with van der Waals surface area (Å²) in [5.74, 6) is -1.65. The summed E-state index contributed by atoms with van der Waals surface area (Å²) >= 11 is 0. The van der Waals surface area contributed by atoms with Crippen LogP contribution in [0.15, 0.2) is 30.3 Å². The van der Waals surface area contributed by atoms with Gasteiger partial charge in [0, 0.05) is 25.3 Å². The van der Waals surface area contributed by atoms with Crippen LogP contribution in [0, 0.1) is 5.92 Å². The standard InChI is InChI=1S/C37H63NO9Si2/c1-9-48(10-2,11-3)46-30-20-31-35(43-29(30)21-33(39)41-8)26(7)23-37(44-31)24-28(38)36(47-49(12-4,13-5)14-6)32(45-37)22-34(40)42-25-27-18-16-15-17-19-27/h15-19,26,28-32,35-36H,9-14,20-25,38H2,1-8H3/t26-,28-,29?,30?,31?,32-,35?,36?,37+/m0/s1. The maximum Gasteiger partial charge on any atom is 0.308 e. The maximum atomic E-state index is 13.4. The molecule has 5 unspecified atom stereocenters. The van der Waals surface area contributed by atoms with Gasteiger partial charge in [-0.2, -0.15) is 0 Å². The lowest BCUT2D eigenvalue weighted by atomic mass is 9.79. The molecule has 0 radical (unpaired) electrons. The number of carbonyl (C=O) groups excluding carboxylic acids is 2. The molecule has 0 amide bonds. The zero-order valence-electron chi connectivity index (χ0n) is 31.2. The molecule has 10 nitrogen and oxygen atoms in total. The Morgan fingerprint density at radius 3 is 2.02 bits per heavy atom. The number of fused-ring (bicyclic) bond motifs is 1. The van der Waals surface area contributed by atoms with Crippen molar-refractivity contribution in [3.8, 4) is 0 Å². The lowest BCUT2D eigenvalue weighted by molar-refractivity contribution is -0.369. The third kappa shape index (κ3) is 9.62. The van der Waals surface area contributed by atoms with Crippen LogP contribution in [-0.2, 0) is 48.7 Å². The Morgan fingerprint density at radius 1 is 0.837 bits per heavy atom. The number of hydrogen-bond acceptors (Lipinski definition) is 10. The molecular formula is C37H63NO9Si2. The number of nitrogens with two attached hydrogens (primary N) is 1. The maximum absolute atomic E-state index is 13.4. The van der Waals surface area contributed by atoms with E-state index in [1.807, 2.05) is 30.3 Å².